The number of hydrogen-bond donors (Lipinski definition) is 2. The summed E-state index contributed by atoms with van der Waals surface area (Å²) < 4.78 is 0. The van der Waals surface area contributed by atoms with Gasteiger partial charge >= 0.3 is 0 Å². The zero-order chi connectivity index (χ0) is 16.9. The van der Waals surface area contributed by atoms with Crippen molar-refractivity contribution in [1.29, 1.82) is 0 Å². The molecule has 2 N–H and O–H groups in total. The van der Waals surface area contributed by atoms with Crippen molar-refractivity contribution < 1.29 is 0 Å². The SMILES string of the molecule is Cc1cc(NC(=S)NCc2ccc(N3CCCC3)cc2)ncc1Cl. The molecule has 24 heavy (non-hydrogen) atoms. The third-order valence-electron chi connectivity index (χ3n) is 4.15. The highest BCUT2D eigenvalue weighted by atomic mass is 35.5. The third kappa shape index (κ3) is 4.36. The average molecular weight is 361 g/mol. The van der Waals surface area contributed by atoms with Crippen molar-refractivity contribution in [2.75, 3.05) is 23.3 Å². The van der Waals surface area contributed by atoms with Crippen LogP contribution in [0.25, 0.3) is 0 Å². The van der Waals surface area contributed by atoms with E-state index in [9.17, 15) is 0 Å². The molecule has 2 heterocycles. The Hall–Kier alpha value is -1.85. The van der Waals surface area contributed by atoms with E-state index in [4.69, 9.17) is 23.8 Å². The minimum absolute atomic E-state index is 0.549. The summed E-state index contributed by atoms with van der Waals surface area (Å²) in [5.74, 6) is 0.693. The number of hydrogen-bond acceptors (Lipinski definition) is 3. The van der Waals surface area contributed by atoms with Crippen molar-refractivity contribution in [1.82, 2.24) is 10.3 Å². The van der Waals surface area contributed by atoms with Crippen molar-refractivity contribution in [3.8, 4) is 0 Å². The van der Waals surface area contributed by atoms with Gasteiger partial charge in [-0.1, -0.05) is 23.7 Å². The highest BCUT2D eigenvalue weighted by Gasteiger charge is 2.11. The number of pyridine rings is 1. The molecular formula is C18H21ClN4S. The summed E-state index contributed by atoms with van der Waals surface area (Å²) in [7, 11) is 0. The molecule has 126 valence electrons. The van der Waals surface area contributed by atoms with Crippen LogP contribution in [0.3, 0.4) is 0 Å². The highest BCUT2D eigenvalue weighted by Crippen LogP contribution is 2.20. The number of thiocarbonyl (C=S) groups is 1. The van der Waals surface area contributed by atoms with Gasteiger partial charge in [-0.15, -0.1) is 0 Å². The van der Waals surface area contributed by atoms with E-state index in [1.54, 1.807) is 6.20 Å². The molecule has 0 radical (unpaired) electrons. The molecular weight excluding hydrogens is 340 g/mol. The lowest BCUT2D eigenvalue weighted by atomic mass is 10.2. The van der Waals surface area contributed by atoms with Crippen LogP contribution >= 0.6 is 23.8 Å². The van der Waals surface area contributed by atoms with E-state index in [0.717, 1.165) is 5.56 Å². The van der Waals surface area contributed by atoms with Crippen molar-refractivity contribution in [2.45, 2.75) is 26.3 Å². The maximum Gasteiger partial charge on any atom is 0.172 e. The predicted molar refractivity (Wildman–Crippen MR) is 105 cm³/mol. The molecule has 6 heteroatoms. The number of anilines is 2. The minimum atomic E-state index is 0.549. The van der Waals surface area contributed by atoms with Gasteiger partial charge < -0.3 is 15.5 Å². The molecule has 4 nitrogen and oxygen atoms in total. The van der Waals surface area contributed by atoms with E-state index in [2.05, 4.69) is 44.8 Å². The summed E-state index contributed by atoms with van der Waals surface area (Å²) in [4.78, 5) is 6.64. The third-order valence-corrected chi connectivity index (χ3v) is 4.79. The largest absolute Gasteiger partial charge is 0.372 e. The van der Waals surface area contributed by atoms with Gasteiger partial charge in [0.25, 0.3) is 0 Å². The van der Waals surface area contributed by atoms with E-state index in [-0.39, 0.29) is 0 Å². The zero-order valence-electron chi connectivity index (χ0n) is 13.7. The van der Waals surface area contributed by atoms with Crippen LogP contribution in [0.4, 0.5) is 11.5 Å². The Kier molecular flexibility index (Phi) is 5.53. The second-order valence-electron chi connectivity index (χ2n) is 5.99. The molecule has 3 rings (SSSR count). The lowest BCUT2D eigenvalue weighted by molar-refractivity contribution is 0.920. The fourth-order valence-electron chi connectivity index (χ4n) is 2.75. The first-order valence-corrected chi connectivity index (χ1v) is 8.91. The molecule has 0 aliphatic carbocycles. The molecule has 1 aliphatic heterocycles. The summed E-state index contributed by atoms with van der Waals surface area (Å²) in [5, 5.41) is 7.48. The molecule has 1 saturated heterocycles. The van der Waals surface area contributed by atoms with Gasteiger partial charge in [0, 0.05) is 31.5 Å². The van der Waals surface area contributed by atoms with Crippen LogP contribution in [0.1, 0.15) is 24.0 Å². The molecule has 1 fully saturated rings. The first kappa shape index (κ1) is 17.0. The van der Waals surface area contributed by atoms with E-state index in [1.165, 1.54) is 37.2 Å². The van der Waals surface area contributed by atoms with Crippen LogP contribution in [-0.2, 0) is 6.54 Å². The monoisotopic (exact) mass is 360 g/mol. The Morgan fingerprint density at radius 3 is 2.62 bits per heavy atom. The molecule has 0 bridgehead atoms. The molecule has 0 unspecified atom stereocenters. The second-order valence-corrected chi connectivity index (χ2v) is 6.80. The molecule has 0 atom stereocenters. The van der Waals surface area contributed by atoms with Crippen LogP contribution in [0.5, 0.6) is 0 Å². The summed E-state index contributed by atoms with van der Waals surface area (Å²) >= 11 is 11.3. The Morgan fingerprint density at radius 1 is 1.25 bits per heavy atom. The van der Waals surface area contributed by atoms with Gasteiger partial charge in [0.2, 0.25) is 0 Å². The van der Waals surface area contributed by atoms with Crippen LogP contribution in [-0.4, -0.2) is 23.2 Å². The van der Waals surface area contributed by atoms with Gasteiger partial charge in [-0.2, -0.15) is 0 Å². The van der Waals surface area contributed by atoms with Crippen LogP contribution < -0.4 is 15.5 Å². The van der Waals surface area contributed by atoms with E-state index in [1.807, 2.05) is 13.0 Å². The number of aryl methyl sites for hydroxylation is 1. The molecule has 0 saturated carbocycles. The number of aromatic nitrogens is 1. The van der Waals surface area contributed by atoms with Crippen LogP contribution in [0.15, 0.2) is 36.5 Å². The number of halogens is 1. The first-order valence-electron chi connectivity index (χ1n) is 8.13. The maximum absolute atomic E-state index is 5.98. The van der Waals surface area contributed by atoms with Crippen molar-refractivity contribution >= 4 is 40.4 Å². The molecule has 1 aromatic carbocycles. The minimum Gasteiger partial charge on any atom is -0.372 e. The van der Waals surface area contributed by atoms with Gasteiger partial charge in [-0.3, -0.25) is 0 Å². The number of nitrogens with zero attached hydrogens (tertiary/aromatic N) is 2. The number of rotatable bonds is 4. The van der Waals surface area contributed by atoms with E-state index in [0.29, 0.717) is 22.5 Å². The lowest BCUT2D eigenvalue weighted by Crippen LogP contribution is -2.28. The molecule has 0 amide bonds. The molecule has 1 aliphatic rings. The van der Waals surface area contributed by atoms with Gasteiger partial charge in [0.15, 0.2) is 5.11 Å². The van der Waals surface area contributed by atoms with Gasteiger partial charge in [0.05, 0.1) is 5.02 Å². The zero-order valence-corrected chi connectivity index (χ0v) is 15.3. The van der Waals surface area contributed by atoms with Gasteiger partial charge in [-0.05, 0) is 61.3 Å². The Labute approximate surface area is 153 Å². The molecule has 1 aromatic heterocycles. The Bertz CT molecular complexity index is 711. The molecule has 0 spiro atoms. The Morgan fingerprint density at radius 2 is 1.96 bits per heavy atom. The van der Waals surface area contributed by atoms with Crippen molar-refractivity contribution in [2.24, 2.45) is 0 Å². The van der Waals surface area contributed by atoms with E-state index < -0.39 is 0 Å². The fourth-order valence-corrected chi connectivity index (χ4v) is 3.03. The summed E-state index contributed by atoms with van der Waals surface area (Å²) in [5.41, 5.74) is 3.47. The second kappa shape index (κ2) is 7.81. The lowest BCUT2D eigenvalue weighted by Gasteiger charge is -2.18. The van der Waals surface area contributed by atoms with Crippen LogP contribution in [0.2, 0.25) is 5.02 Å². The maximum atomic E-state index is 5.98. The summed E-state index contributed by atoms with van der Waals surface area (Å²) in [6, 6.07) is 10.5. The van der Waals surface area contributed by atoms with Crippen LogP contribution in [0, 0.1) is 6.92 Å². The quantitative estimate of drug-likeness (QED) is 0.802. The van der Waals surface area contributed by atoms with E-state index >= 15 is 0 Å². The highest BCUT2D eigenvalue weighted by molar-refractivity contribution is 7.80. The topological polar surface area (TPSA) is 40.2 Å². The fraction of sp³-hybridized carbons (Fsp3) is 0.333. The average Bonchev–Trinajstić information content (AvgIpc) is 3.11. The van der Waals surface area contributed by atoms with Gasteiger partial charge in [-0.25, -0.2) is 4.98 Å². The smallest absolute Gasteiger partial charge is 0.172 e. The van der Waals surface area contributed by atoms with Crippen molar-refractivity contribution in [3.63, 3.8) is 0 Å². The standard InChI is InChI=1S/C18H21ClN4S/c1-13-10-17(20-12-16(13)19)22-18(24)21-11-14-4-6-15(7-5-14)23-8-2-3-9-23/h4-7,10,12H,2-3,8-9,11H2,1H3,(H2,20,21,22,24). The van der Waals surface area contributed by atoms with Crippen molar-refractivity contribution in [3.05, 3.63) is 52.7 Å². The first-order chi connectivity index (χ1) is 11.6. The predicted octanol–water partition coefficient (Wildman–Crippen LogP) is 4.13. The Balaban J connectivity index is 1.51. The van der Waals surface area contributed by atoms with Gasteiger partial charge in [0.1, 0.15) is 5.82 Å². The number of nitrogens with one attached hydrogen (secondary N) is 2. The summed E-state index contributed by atoms with van der Waals surface area (Å²) in [6.45, 7) is 4.95. The number of benzene rings is 1. The molecule has 2 aromatic rings. The normalized spacial score (nSPS) is 13.8. The summed E-state index contributed by atoms with van der Waals surface area (Å²) in [6.07, 6.45) is 4.21.